The van der Waals surface area contributed by atoms with Crippen LogP contribution in [0.3, 0.4) is 0 Å². The van der Waals surface area contributed by atoms with Crippen molar-refractivity contribution in [2.45, 2.75) is 54.9 Å². The highest BCUT2D eigenvalue weighted by atomic mass is 14.6. The summed E-state index contributed by atoms with van der Waals surface area (Å²) >= 11 is 0. The fraction of sp³-hybridized carbons (Fsp3) is 0.750. The van der Waals surface area contributed by atoms with Crippen molar-refractivity contribution in [3.63, 3.8) is 0 Å². The molecule has 1 aliphatic rings. The minimum Gasteiger partial charge on any atom is -0.399 e. The summed E-state index contributed by atoms with van der Waals surface area (Å²) in [7, 11) is 0. The van der Waals surface area contributed by atoms with Crippen LogP contribution in [0.5, 0.6) is 0 Å². The van der Waals surface area contributed by atoms with Gasteiger partial charge in [-0.1, -0.05) is 54.5 Å². The summed E-state index contributed by atoms with van der Waals surface area (Å²) < 4.78 is 0. The molecule has 1 aliphatic carbocycles. The van der Waals surface area contributed by atoms with E-state index < -0.39 is 0 Å². The average Bonchev–Trinajstić information content (AvgIpc) is 2.20. The lowest BCUT2D eigenvalue weighted by atomic mass is 9.67. The Labute approximate surface area is 107 Å². The van der Waals surface area contributed by atoms with Gasteiger partial charge in [0, 0.05) is 5.70 Å². The van der Waals surface area contributed by atoms with Crippen molar-refractivity contribution in [1.29, 1.82) is 0 Å². The maximum atomic E-state index is 6.36. The Bertz CT molecular complexity index is 345. The zero-order chi connectivity index (χ0) is 13.4. The quantitative estimate of drug-likeness (QED) is 0.765. The number of rotatable bonds is 3. The number of allylic oxidation sites excluding steroid dienone is 3. The van der Waals surface area contributed by atoms with E-state index >= 15 is 0 Å². The highest BCUT2D eigenvalue weighted by molar-refractivity contribution is 5.41. The molecule has 0 heterocycles. The van der Waals surface area contributed by atoms with Crippen molar-refractivity contribution >= 4 is 0 Å². The van der Waals surface area contributed by atoms with Crippen LogP contribution >= 0.6 is 0 Å². The van der Waals surface area contributed by atoms with Crippen molar-refractivity contribution in [2.24, 2.45) is 28.9 Å². The molecule has 1 unspecified atom stereocenters. The standard InChI is InChI=1S/C16H29N/c1-10(2)13-8-16(7,12(5)6)9-14(11(3)4)15(13)17/h8,10-12H,9,17H2,1-7H3. The van der Waals surface area contributed by atoms with Crippen LogP contribution in [-0.2, 0) is 0 Å². The zero-order valence-corrected chi connectivity index (χ0v) is 12.6. The molecule has 1 rings (SSSR count). The van der Waals surface area contributed by atoms with E-state index in [1.165, 1.54) is 11.1 Å². The summed E-state index contributed by atoms with van der Waals surface area (Å²) in [5, 5.41) is 0. The summed E-state index contributed by atoms with van der Waals surface area (Å²) in [4.78, 5) is 0. The monoisotopic (exact) mass is 235 g/mol. The summed E-state index contributed by atoms with van der Waals surface area (Å²) in [5.74, 6) is 1.72. The normalized spacial score (nSPS) is 26.1. The highest BCUT2D eigenvalue weighted by Gasteiger charge is 2.34. The Morgan fingerprint density at radius 1 is 1.06 bits per heavy atom. The first-order valence-corrected chi connectivity index (χ1v) is 6.90. The molecule has 0 spiro atoms. The fourth-order valence-electron chi connectivity index (χ4n) is 2.54. The van der Waals surface area contributed by atoms with Gasteiger partial charge >= 0.3 is 0 Å². The Morgan fingerprint density at radius 2 is 1.59 bits per heavy atom. The topological polar surface area (TPSA) is 26.0 Å². The zero-order valence-electron chi connectivity index (χ0n) is 12.6. The van der Waals surface area contributed by atoms with Gasteiger partial charge in [-0.2, -0.15) is 0 Å². The van der Waals surface area contributed by atoms with Crippen LogP contribution in [0.4, 0.5) is 0 Å². The lowest BCUT2D eigenvalue weighted by Crippen LogP contribution is -2.30. The molecule has 98 valence electrons. The van der Waals surface area contributed by atoms with E-state index in [2.05, 4.69) is 54.5 Å². The van der Waals surface area contributed by atoms with Crippen LogP contribution in [0, 0.1) is 23.2 Å². The molecule has 0 bridgehead atoms. The minimum absolute atomic E-state index is 0.266. The third-order valence-electron chi connectivity index (χ3n) is 4.35. The maximum Gasteiger partial charge on any atom is 0.0341 e. The van der Waals surface area contributed by atoms with Gasteiger partial charge in [0.05, 0.1) is 0 Å². The summed E-state index contributed by atoms with van der Waals surface area (Å²) in [5.41, 5.74) is 10.5. The van der Waals surface area contributed by atoms with E-state index in [1.54, 1.807) is 0 Å². The van der Waals surface area contributed by atoms with Crippen LogP contribution in [-0.4, -0.2) is 0 Å². The number of hydrogen-bond donors (Lipinski definition) is 1. The van der Waals surface area contributed by atoms with Gasteiger partial charge < -0.3 is 5.73 Å². The number of nitrogens with two attached hydrogens (primary N) is 1. The smallest absolute Gasteiger partial charge is 0.0341 e. The van der Waals surface area contributed by atoms with Crippen molar-refractivity contribution in [3.05, 3.63) is 22.9 Å². The van der Waals surface area contributed by atoms with Gasteiger partial charge in [0.1, 0.15) is 0 Å². The molecular weight excluding hydrogens is 206 g/mol. The minimum atomic E-state index is 0.266. The molecule has 0 saturated heterocycles. The van der Waals surface area contributed by atoms with Gasteiger partial charge in [-0.3, -0.25) is 0 Å². The predicted molar refractivity (Wildman–Crippen MR) is 76.5 cm³/mol. The van der Waals surface area contributed by atoms with Crippen molar-refractivity contribution < 1.29 is 0 Å². The third kappa shape index (κ3) is 2.75. The van der Waals surface area contributed by atoms with Crippen molar-refractivity contribution in [2.75, 3.05) is 0 Å². The molecule has 0 amide bonds. The van der Waals surface area contributed by atoms with Crippen molar-refractivity contribution in [1.82, 2.24) is 0 Å². The second kappa shape index (κ2) is 4.88. The lowest BCUT2D eigenvalue weighted by Gasteiger charge is -2.39. The second-order valence-electron chi connectivity index (χ2n) is 6.69. The lowest BCUT2D eigenvalue weighted by molar-refractivity contribution is 0.278. The van der Waals surface area contributed by atoms with Crippen LogP contribution in [0.1, 0.15) is 54.9 Å². The molecule has 0 aromatic rings. The van der Waals surface area contributed by atoms with E-state index in [0.29, 0.717) is 17.8 Å². The maximum absolute atomic E-state index is 6.36. The highest BCUT2D eigenvalue weighted by Crippen LogP contribution is 2.45. The Morgan fingerprint density at radius 3 is 1.94 bits per heavy atom. The molecule has 17 heavy (non-hydrogen) atoms. The van der Waals surface area contributed by atoms with Gasteiger partial charge in [0.15, 0.2) is 0 Å². The Hall–Kier alpha value is -0.720. The van der Waals surface area contributed by atoms with Crippen LogP contribution < -0.4 is 5.73 Å². The molecule has 0 aromatic heterocycles. The van der Waals surface area contributed by atoms with Crippen LogP contribution in [0.15, 0.2) is 22.9 Å². The molecule has 1 atom stereocenters. The summed E-state index contributed by atoms with van der Waals surface area (Å²) in [6.07, 6.45) is 3.55. The third-order valence-corrected chi connectivity index (χ3v) is 4.35. The van der Waals surface area contributed by atoms with E-state index in [0.717, 1.165) is 12.1 Å². The van der Waals surface area contributed by atoms with Gasteiger partial charge in [-0.05, 0) is 40.7 Å². The second-order valence-corrected chi connectivity index (χ2v) is 6.69. The van der Waals surface area contributed by atoms with E-state index in [9.17, 15) is 0 Å². The van der Waals surface area contributed by atoms with Crippen molar-refractivity contribution in [3.8, 4) is 0 Å². The van der Waals surface area contributed by atoms with E-state index in [1.807, 2.05) is 0 Å². The van der Waals surface area contributed by atoms with Gasteiger partial charge in [-0.25, -0.2) is 0 Å². The molecule has 0 aliphatic heterocycles. The van der Waals surface area contributed by atoms with Crippen LogP contribution in [0.25, 0.3) is 0 Å². The Kier molecular flexibility index (Phi) is 4.11. The molecule has 1 heteroatoms. The van der Waals surface area contributed by atoms with E-state index in [4.69, 9.17) is 5.73 Å². The van der Waals surface area contributed by atoms with E-state index in [-0.39, 0.29) is 5.41 Å². The first-order chi connectivity index (χ1) is 7.69. The summed E-state index contributed by atoms with van der Waals surface area (Å²) in [6, 6.07) is 0. The van der Waals surface area contributed by atoms with Gasteiger partial charge in [0.25, 0.3) is 0 Å². The average molecular weight is 235 g/mol. The first kappa shape index (κ1) is 14.3. The molecule has 1 nitrogen and oxygen atoms in total. The fourth-order valence-corrected chi connectivity index (χ4v) is 2.54. The largest absolute Gasteiger partial charge is 0.399 e. The molecule has 0 radical (unpaired) electrons. The predicted octanol–water partition coefficient (Wildman–Crippen LogP) is 4.50. The SMILES string of the molecule is CC(C)C1=CC(C)(C(C)C)CC(C(C)C)=C1N. The molecule has 2 N–H and O–H groups in total. The molecule has 0 fully saturated rings. The van der Waals surface area contributed by atoms with Gasteiger partial charge in [0.2, 0.25) is 0 Å². The first-order valence-electron chi connectivity index (χ1n) is 6.90. The summed E-state index contributed by atoms with van der Waals surface area (Å²) in [6.45, 7) is 16.0. The molecule has 0 saturated carbocycles. The molecular formula is C16H29N. The molecule has 0 aromatic carbocycles. The van der Waals surface area contributed by atoms with Gasteiger partial charge in [-0.15, -0.1) is 0 Å². The number of hydrogen-bond acceptors (Lipinski definition) is 1. The van der Waals surface area contributed by atoms with Crippen LogP contribution in [0.2, 0.25) is 0 Å². The Balaban J connectivity index is 3.27.